The maximum atomic E-state index is 10.3. The molecule has 0 atom stereocenters. The number of carbonyl (C=O) groups excluding carboxylic acids is 1. The summed E-state index contributed by atoms with van der Waals surface area (Å²) in [6.45, 7) is 2.87. The number of aromatic nitrogens is 2. The number of imidazole rings is 1. The van der Waals surface area contributed by atoms with Crippen molar-refractivity contribution in [3.05, 3.63) is 53.6 Å². The number of rotatable bonds is 4. The molecule has 0 amide bonds. The van der Waals surface area contributed by atoms with E-state index in [1.807, 2.05) is 10.8 Å². The minimum atomic E-state index is 0.390. The fourth-order valence-corrected chi connectivity index (χ4v) is 1.59. The summed E-state index contributed by atoms with van der Waals surface area (Å²) in [6, 6.07) is 8.40. The Labute approximate surface area is 94.7 Å². The standard InChI is InChI=1S/C13H14N2O/c1-11-2-4-12(5-3-11)8-15-9-13(6-7-16)14-10-15/h2-5,7,9-10H,6,8H2,1H3. The molecule has 0 N–H and O–H groups in total. The van der Waals surface area contributed by atoms with E-state index in [4.69, 9.17) is 0 Å². The molecule has 3 nitrogen and oxygen atoms in total. The number of hydrogen-bond donors (Lipinski definition) is 0. The van der Waals surface area contributed by atoms with Crippen LogP contribution in [0.4, 0.5) is 0 Å². The van der Waals surface area contributed by atoms with Gasteiger partial charge in [0.2, 0.25) is 0 Å². The molecule has 0 radical (unpaired) electrons. The lowest BCUT2D eigenvalue weighted by Gasteiger charge is -2.02. The highest BCUT2D eigenvalue weighted by molar-refractivity contribution is 5.53. The molecule has 0 saturated carbocycles. The molecule has 2 rings (SSSR count). The van der Waals surface area contributed by atoms with E-state index in [9.17, 15) is 4.79 Å². The summed E-state index contributed by atoms with van der Waals surface area (Å²) in [5, 5.41) is 0. The molecular weight excluding hydrogens is 200 g/mol. The first kappa shape index (κ1) is 10.6. The zero-order valence-corrected chi connectivity index (χ0v) is 9.26. The molecule has 0 unspecified atom stereocenters. The molecule has 0 fully saturated rings. The van der Waals surface area contributed by atoms with Crippen LogP contribution in [0.15, 0.2) is 36.8 Å². The van der Waals surface area contributed by atoms with E-state index in [0.29, 0.717) is 6.42 Å². The monoisotopic (exact) mass is 214 g/mol. The molecule has 2 aromatic rings. The largest absolute Gasteiger partial charge is 0.333 e. The molecule has 0 aliphatic heterocycles. The van der Waals surface area contributed by atoms with Gasteiger partial charge in [-0.25, -0.2) is 4.98 Å². The van der Waals surface area contributed by atoms with Gasteiger partial charge < -0.3 is 9.36 Å². The fraction of sp³-hybridized carbons (Fsp3) is 0.231. The van der Waals surface area contributed by atoms with E-state index in [-0.39, 0.29) is 0 Å². The highest BCUT2D eigenvalue weighted by Crippen LogP contribution is 2.06. The molecule has 0 spiro atoms. The second-order valence-corrected chi connectivity index (χ2v) is 3.89. The van der Waals surface area contributed by atoms with E-state index in [1.54, 1.807) is 6.33 Å². The summed E-state index contributed by atoms with van der Waals surface area (Å²) in [6.07, 6.45) is 4.94. The van der Waals surface area contributed by atoms with Crippen LogP contribution in [-0.2, 0) is 17.8 Å². The van der Waals surface area contributed by atoms with Crippen molar-refractivity contribution < 1.29 is 4.79 Å². The molecule has 1 aromatic carbocycles. The van der Waals surface area contributed by atoms with Gasteiger partial charge in [0.15, 0.2) is 0 Å². The summed E-state index contributed by atoms with van der Waals surface area (Å²) in [7, 11) is 0. The van der Waals surface area contributed by atoms with Gasteiger partial charge >= 0.3 is 0 Å². The van der Waals surface area contributed by atoms with Crippen molar-refractivity contribution in [2.75, 3.05) is 0 Å². The lowest BCUT2D eigenvalue weighted by Crippen LogP contribution is -1.96. The summed E-state index contributed by atoms with van der Waals surface area (Å²) in [4.78, 5) is 14.5. The number of hydrogen-bond acceptors (Lipinski definition) is 2. The Morgan fingerprint density at radius 2 is 2.06 bits per heavy atom. The number of nitrogens with zero attached hydrogens (tertiary/aromatic N) is 2. The Kier molecular flexibility index (Phi) is 3.15. The van der Waals surface area contributed by atoms with Crippen LogP contribution >= 0.6 is 0 Å². The zero-order chi connectivity index (χ0) is 11.4. The Morgan fingerprint density at radius 1 is 1.31 bits per heavy atom. The average Bonchev–Trinajstić information content (AvgIpc) is 2.70. The van der Waals surface area contributed by atoms with Crippen LogP contribution < -0.4 is 0 Å². The maximum Gasteiger partial charge on any atom is 0.125 e. The lowest BCUT2D eigenvalue weighted by atomic mass is 10.1. The van der Waals surface area contributed by atoms with Gasteiger partial charge in [-0.2, -0.15) is 0 Å². The summed E-state index contributed by atoms with van der Waals surface area (Å²) in [5.74, 6) is 0. The van der Waals surface area contributed by atoms with E-state index in [1.165, 1.54) is 11.1 Å². The van der Waals surface area contributed by atoms with Gasteiger partial charge in [-0.05, 0) is 12.5 Å². The average molecular weight is 214 g/mol. The minimum Gasteiger partial charge on any atom is -0.333 e. The molecular formula is C13H14N2O. The molecule has 1 aromatic heterocycles. The molecule has 0 aliphatic carbocycles. The molecule has 0 aliphatic rings. The van der Waals surface area contributed by atoms with E-state index in [2.05, 4.69) is 36.2 Å². The Morgan fingerprint density at radius 3 is 2.75 bits per heavy atom. The first-order valence-corrected chi connectivity index (χ1v) is 5.28. The number of benzene rings is 1. The molecule has 3 heteroatoms. The third-order valence-corrected chi connectivity index (χ3v) is 2.46. The topological polar surface area (TPSA) is 34.9 Å². The van der Waals surface area contributed by atoms with Crippen molar-refractivity contribution in [2.45, 2.75) is 19.9 Å². The SMILES string of the molecule is Cc1ccc(Cn2cnc(CC=O)c2)cc1. The highest BCUT2D eigenvalue weighted by Gasteiger charge is 1.99. The van der Waals surface area contributed by atoms with Crippen LogP contribution in [0.3, 0.4) is 0 Å². The van der Waals surface area contributed by atoms with E-state index >= 15 is 0 Å². The number of aryl methyl sites for hydroxylation is 1. The number of carbonyl (C=O) groups is 1. The van der Waals surface area contributed by atoms with Crippen LogP contribution in [0.1, 0.15) is 16.8 Å². The smallest absolute Gasteiger partial charge is 0.125 e. The van der Waals surface area contributed by atoms with Crippen LogP contribution in [0.5, 0.6) is 0 Å². The first-order chi connectivity index (χ1) is 7.78. The quantitative estimate of drug-likeness (QED) is 0.729. The second-order valence-electron chi connectivity index (χ2n) is 3.89. The Balaban J connectivity index is 2.08. The summed E-state index contributed by atoms with van der Waals surface area (Å²) in [5.41, 5.74) is 3.32. The van der Waals surface area contributed by atoms with Gasteiger partial charge in [-0.15, -0.1) is 0 Å². The predicted molar refractivity (Wildman–Crippen MR) is 62.3 cm³/mol. The van der Waals surface area contributed by atoms with Crippen LogP contribution in [-0.4, -0.2) is 15.8 Å². The van der Waals surface area contributed by atoms with Crippen molar-refractivity contribution in [1.29, 1.82) is 0 Å². The van der Waals surface area contributed by atoms with Gasteiger partial charge in [0.05, 0.1) is 12.0 Å². The van der Waals surface area contributed by atoms with Gasteiger partial charge in [0, 0.05) is 19.2 Å². The number of aldehydes is 1. The van der Waals surface area contributed by atoms with E-state index < -0.39 is 0 Å². The maximum absolute atomic E-state index is 10.3. The van der Waals surface area contributed by atoms with Gasteiger partial charge in [0.25, 0.3) is 0 Å². The van der Waals surface area contributed by atoms with E-state index in [0.717, 1.165) is 18.5 Å². The third-order valence-electron chi connectivity index (χ3n) is 2.46. The highest BCUT2D eigenvalue weighted by atomic mass is 16.1. The third kappa shape index (κ3) is 2.57. The van der Waals surface area contributed by atoms with Gasteiger partial charge in [0.1, 0.15) is 6.29 Å². The molecule has 0 bridgehead atoms. The minimum absolute atomic E-state index is 0.390. The lowest BCUT2D eigenvalue weighted by molar-refractivity contribution is -0.107. The van der Waals surface area contributed by atoms with Crippen LogP contribution in [0, 0.1) is 6.92 Å². The van der Waals surface area contributed by atoms with Gasteiger partial charge in [-0.1, -0.05) is 29.8 Å². The zero-order valence-electron chi connectivity index (χ0n) is 9.26. The first-order valence-electron chi connectivity index (χ1n) is 5.28. The van der Waals surface area contributed by atoms with Gasteiger partial charge in [-0.3, -0.25) is 0 Å². The Hall–Kier alpha value is -1.90. The predicted octanol–water partition coefficient (Wildman–Crippen LogP) is 1.98. The normalized spacial score (nSPS) is 10.3. The van der Waals surface area contributed by atoms with Crippen molar-refractivity contribution in [1.82, 2.24) is 9.55 Å². The fourth-order valence-electron chi connectivity index (χ4n) is 1.59. The van der Waals surface area contributed by atoms with Crippen molar-refractivity contribution in [3.8, 4) is 0 Å². The molecule has 1 heterocycles. The van der Waals surface area contributed by atoms with Crippen LogP contribution in [0.2, 0.25) is 0 Å². The molecule has 82 valence electrons. The van der Waals surface area contributed by atoms with Crippen molar-refractivity contribution in [2.24, 2.45) is 0 Å². The van der Waals surface area contributed by atoms with Crippen molar-refractivity contribution >= 4 is 6.29 Å². The molecule has 16 heavy (non-hydrogen) atoms. The second kappa shape index (κ2) is 4.75. The summed E-state index contributed by atoms with van der Waals surface area (Å²) < 4.78 is 1.99. The Bertz CT molecular complexity index is 471. The molecule has 0 saturated heterocycles. The van der Waals surface area contributed by atoms with Crippen molar-refractivity contribution in [3.63, 3.8) is 0 Å². The summed E-state index contributed by atoms with van der Waals surface area (Å²) >= 11 is 0. The van der Waals surface area contributed by atoms with Crippen LogP contribution in [0.25, 0.3) is 0 Å².